The van der Waals surface area contributed by atoms with Gasteiger partial charge in [0.05, 0.1) is 0 Å². The van der Waals surface area contributed by atoms with Gasteiger partial charge in [0, 0.05) is 0 Å². The average Bonchev–Trinajstić information content (AvgIpc) is 2.14. The van der Waals surface area contributed by atoms with Gasteiger partial charge >= 0.3 is 13.4 Å². The molecule has 1 aromatic carbocycles. The Kier molecular flexibility index (Phi) is 11.6. The van der Waals surface area contributed by atoms with E-state index in [9.17, 15) is 0 Å². The van der Waals surface area contributed by atoms with Crippen molar-refractivity contribution in [3.63, 3.8) is 0 Å². The SMILES string of the molecule is CCc1ccccc1.OP(O)(O)=S.OP(O)(O)=S. The third-order valence-electron chi connectivity index (χ3n) is 1.25. The van der Waals surface area contributed by atoms with Crippen LogP contribution in [-0.2, 0) is 30.0 Å². The predicted octanol–water partition coefficient (Wildman–Crippen LogP) is 0.625. The molecule has 0 radical (unpaired) electrons. The zero-order valence-corrected chi connectivity index (χ0v) is 12.9. The third-order valence-corrected chi connectivity index (χ3v) is 1.25. The van der Waals surface area contributed by atoms with Crippen molar-refractivity contribution in [1.82, 2.24) is 0 Å². The molecule has 0 aliphatic heterocycles. The second kappa shape index (κ2) is 10.1. The van der Waals surface area contributed by atoms with Crippen molar-refractivity contribution in [3.8, 4) is 0 Å². The molecule has 0 aromatic heterocycles. The first-order chi connectivity index (χ1) is 7.93. The highest BCUT2D eigenvalue weighted by Crippen LogP contribution is 2.26. The molecule has 0 aliphatic rings. The molecule has 0 atom stereocenters. The Morgan fingerprint density at radius 3 is 1.28 bits per heavy atom. The molecular weight excluding hydrogens is 318 g/mol. The summed E-state index contributed by atoms with van der Waals surface area (Å²) in [5.74, 6) is 0. The van der Waals surface area contributed by atoms with Crippen molar-refractivity contribution in [2.45, 2.75) is 13.3 Å². The number of hydrogen-bond acceptors (Lipinski definition) is 2. The summed E-state index contributed by atoms with van der Waals surface area (Å²) in [4.78, 5) is 45.3. The predicted molar refractivity (Wildman–Crippen MR) is 77.7 cm³/mol. The van der Waals surface area contributed by atoms with Crippen molar-refractivity contribution in [2.24, 2.45) is 0 Å². The number of benzene rings is 1. The molecule has 10 heteroatoms. The Morgan fingerprint density at radius 2 is 1.11 bits per heavy atom. The summed E-state index contributed by atoms with van der Waals surface area (Å²) in [7, 11) is 0. The van der Waals surface area contributed by atoms with Crippen LogP contribution in [0.15, 0.2) is 30.3 Å². The highest BCUT2D eigenvalue weighted by atomic mass is 32.5. The molecule has 0 unspecified atom stereocenters. The maximum absolute atomic E-state index is 7.56. The molecule has 6 N–H and O–H groups in total. The fourth-order valence-electron chi connectivity index (χ4n) is 0.714. The van der Waals surface area contributed by atoms with E-state index in [1.54, 1.807) is 0 Å². The van der Waals surface area contributed by atoms with Gasteiger partial charge in [-0.15, -0.1) is 0 Å². The Bertz CT molecular complexity index is 365. The smallest absolute Gasteiger partial charge is 0.319 e. The Labute approximate surface area is 116 Å². The summed E-state index contributed by atoms with van der Waals surface area (Å²) in [5, 5.41) is 0. The topological polar surface area (TPSA) is 121 Å². The quantitative estimate of drug-likeness (QED) is 0.414. The van der Waals surface area contributed by atoms with Crippen LogP contribution in [0.1, 0.15) is 12.5 Å². The van der Waals surface area contributed by atoms with Crippen LogP contribution in [0.4, 0.5) is 0 Å². The van der Waals surface area contributed by atoms with Crippen LogP contribution in [0.5, 0.6) is 0 Å². The monoisotopic (exact) mass is 334 g/mol. The molecule has 0 fully saturated rings. The van der Waals surface area contributed by atoms with Gasteiger partial charge in [0.25, 0.3) is 0 Å². The largest absolute Gasteiger partial charge is 0.325 e. The second-order valence-electron chi connectivity index (χ2n) is 2.87. The van der Waals surface area contributed by atoms with Crippen molar-refractivity contribution >= 4 is 37.1 Å². The zero-order chi connectivity index (χ0) is 14.8. The maximum atomic E-state index is 7.56. The Morgan fingerprint density at radius 1 is 0.833 bits per heavy atom. The van der Waals surface area contributed by atoms with E-state index < -0.39 is 13.4 Å². The number of rotatable bonds is 1. The second-order valence-corrected chi connectivity index (χ2v) is 7.86. The van der Waals surface area contributed by atoms with Gasteiger partial charge in [0.1, 0.15) is 0 Å². The molecule has 106 valence electrons. The highest BCUT2D eigenvalue weighted by molar-refractivity contribution is 8.06. The van der Waals surface area contributed by atoms with Gasteiger partial charge in [0.15, 0.2) is 0 Å². The summed E-state index contributed by atoms with van der Waals surface area (Å²) in [6.07, 6.45) is 1.14. The molecule has 0 spiro atoms. The Balaban J connectivity index is 0. The minimum Gasteiger partial charge on any atom is -0.325 e. The van der Waals surface area contributed by atoms with Crippen molar-refractivity contribution < 1.29 is 29.4 Å². The molecule has 0 amide bonds. The van der Waals surface area contributed by atoms with Crippen LogP contribution >= 0.6 is 13.4 Å². The van der Waals surface area contributed by atoms with Gasteiger partial charge < -0.3 is 29.4 Å². The molecule has 1 rings (SSSR count). The van der Waals surface area contributed by atoms with E-state index in [2.05, 4.69) is 54.8 Å². The van der Waals surface area contributed by atoms with Gasteiger partial charge in [-0.25, -0.2) is 0 Å². The van der Waals surface area contributed by atoms with Crippen LogP contribution in [0.3, 0.4) is 0 Å². The minimum atomic E-state index is -3.81. The first-order valence-electron chi connectivity index (χ1n) is 4.54. The van der Waals surface area contributed by atoms with Gasteiger partial charge in [-0.1, -0.05) is 37.3 Å². The summed E-state index contributed by atoms with van der Waals surface area (Å²) in [6.45, 7) is -5.45. The molecule has 0 aliphatic carbocycles. The van der Waals surface area contributed by atoms with Gasteiger partial charge in [-0.05, 0) is 35.6 Å². The fourth-order valence-corrected chi connectivity index (χ4v) is 0.714. The van der Waals surface area contributed by atoms with Gasteiger partial charge in [0.2, 0.25) is 0 Å². The van der Waals surface area contributed by atoms with Crippen molar-refractivity contribution in [1.29, 1.82) is 0 Å². The van der Waals surface area contributed by atoms with E-state index in [1.165, 1.54) is 5.56 Å². The van der Waals surface area contributed by atoms with Crippen molar-refractivity contribution in [3.05, 3.63) is 35.9 Å². The molecule has 18 heavy (non-hydrogen) atoms. The fraction of sp³-hybridized carbons (Fsp3) is 0.250. The Hall–Kier alpha value is 0.280. The number of hydrogen-bond donors (Lipinski definition) is 6. The standard InChI is InChI=1S/C8H10.2H3O3PS/c1-2-8-6-4-3-5-7-8;2*1-4(2,3)5/h3-7H,2H2,1H3;2*(H3,1,2,3,5). The highest BCUT2D eigenvalue weighted by Gasteiger charge is 1.92. The first kappa shape index (κ1) is 20.6. The molecule has 0 saturated carbocycles. The van der Waals surface area contributed by atoms with E-state index in [4.69, 9.17) is 29.4 Å². The molecule has 1 aromatic rings. The van der Waals surface area contributed by atoms with Crippen LogP contribution in [0.2, 0.25) is 0 Å². The molecule has 0 saturated heterocycles. The summed E-state index contributed by atoms with van der Waals surface area (Å²) >= 11 is 7.21. The molecule has 0 heterocycles. The summed E-state index contributed by atoms with van der Waals surface area (Å²) in [6, 6.07) is 10.5. The van der Waals surface area contributed by atoms with Crippen LogP contribution < -0.4 is 0 Å². The van der Waals surface area contributed by atoms with E-state index >= 15 is 0 Å². The zero-order valence-electron chi connectivity index (χ0n) is 9.49. The average molecular weight is 334 g/mol. The van der Waals surface area contributed by atoms with Crippen LogP contribution in [-0.4, -0.2) is 29.4 Å². The lowest BCUT2D eigenvalue weighted by molar-refractivity contribution is 0.361. The van der Waals surface area contributed by atoms with Gasteiger partial charge in [-0.2, -0.15) is 0 Å². The lowest BCUT2D eigenvalue weighted by Crippen LogP contribution is -1.73. The van der Waals surface area contributed by atoms with E-state index in [0.717, 1.165) is 6.42 Å². The lowest BCUT2D eigenvalue weighted by atomic mass is 10.2. The van der Waals surface area contributed by atoms with Crippen LogP contribution in [0, 0.1) is 0 Å². The normalized spacial score (nSPS) is 10.6. The number of aryl methyl sites for hydroxylation is 1. The molecule has 0 bridgehead atoms. The third kappa shape index (κ3) is 36.0. The molecule has 6 nitrogen and oxygen atoms in total. The maximum Gasteiger partial charge on any atom is 0.319 e. The van der Waals surface area contributed by atoms with E-state index in [0.29, 0.717) is 0 Å². The van der Waals surface area contributed by atoms with Gasteiger partial charge in [-0.3, -0.25) is 0 Å². The lowest BCUT2D eigenvalue weighted by Gasteiger charge is -1.89. The summed E-state index contributed by atoms with van der Waals surface area (Å²) < 4.78 is 0. The first-order valence-corrected chi connectivity index (χ1v) is 9.86. The minimum absolute atomic E-state index is 1.14. The molecular formula is C8H16O6P2S2. The van der Waals surface area contributed by atoms with Crippen molar-refractivity contribution in [2.75, 3.05) is 0 Å². The summed E-state index contributed by atoms with van der Waals surface area (Å²) in [5.41, 5.74) is 1.41. The van der Waals surface area contributed by atoms with E-state index in [-0.39, 0.29) is 0 Å². The van der Waals surface area contributed by atoms with Crippen LogP contribution in [0.25, 0.3) is 0 Å². The van der Waals surface area contributed by atoms with E-state index in [1.807, 2.05) is 6.07 Å².